The highest BCUT2D eigenvalue weighted by Crippen LogP contribution is 2.53. The number of rotatable bonds is 13. The van der Waals surface area contributed by atoms with Crippen molar-refractivity contribution in [2.75, 3.05) is 6.61 Å². The van der Waals surface area contributed by atoms with Crippen LogP contribution in [0.25, 0.3) is 0 Å². The molecule has 0 heterocycles. The number of hydrogen-bond acceptors (Lipinski definition) is 3. The van der Waals surface area contributed by atoms with Crippen LogP contribution in [0.1, 0.15) is 106 Å². The van der Waals surface area contributed by atoms with Gasteiger partial charge in [0.1, 0.15) is 6.29 Å². The molecule has 1 aliphatic rings. The van der Waals surface area contributed by atoms with Crippen molar-refractivity contribution >= 4 is 6.29 Å². The Morgan fingerprint density at radius 1 is 1.12 bits per heavy atom. The fourth-order valence-electron chi connectivity index (χ4n) is 5.49. The van der Waals surface area contributed by atoms with E-state index in [9.17, 15) is 15.0 Å². The third-order valence-corrected chi connectivity index (χ3v) is 7.80. The van der Waals surface area contributed by atoms with Crippen LogP contribution >= 0.6 is 0 Å². The lowest BCUT2D eigenvalue weighted by atomic mass is 9.56. The molecule has 0 aromatic rings. The predicted octanol–water partition coefficient (Wildman–Crippen LogP) is 7.50. The number of aliphatic hydroxyl groups excluding tert-OH is 2. The zero-order valence-corrected chi connectivity index (χ0v) is 22.4. The lowest BCUT2D eigenvalue weighted by Gasteiger charge is -2.48. The Balaban J connectivity index is 2.81. The van der Waals surface area contributed by atoms with E-state index in [0.29, 0.717) is 18.3 Å². The standard InChI is InChI=1S/C30H50O3/c1-22(2)11-8-12-23(3)19-27(33)20-24(4)13-9-17-30(7)26(6)15-16-28(25(5)21-32)29(30)14-10-18-31/h11,13,19,21,26-27,29,31,33H,8-10,12,14-18,20H2,1-7H3. The maximum Gasteiger partial charge on any atom is 0.145 e. The van der Waals surface area contributed by atoms with Crippen LogP contribution in [0.5, 0.6) is 0 Å². The lowest BCUT2D eigenvalue weighted by molar-refractivity contribution is -0.105. The van der Waals surface area contributed by atoms with Crippen molar-refractivity contribution in [2.45, 2.75) is 112 Å². The molecule has 4 atom stereocenters. The largest absolute Gasteiger partial charge is 0.396 e. The number of hydrogen-bond donors (Lipinski definition) is 2. The highest BCUT2D eigenvalue weighted by Gasteiger charge is 2.43. The highest BCUT2D eigenvalue weighted by atomic mass is 16.3. The number of carbonyl (C=O) groups is 1. The molecule has 1 rings (SSSR count). The van der Waals surface area contributed by atoms with Crippen molar-refractivity contribution in [1.82, 2.24) is 0 Å². The van der Waals surface area contributed by atoms with Crippen molar-refractivity contribution in [2.24, 2.45) is 17.3 Å². The lowest BCUT2D eigenvalue weighted by Crippen LogP contribution is -2.39. The van der Waals surface area contributed by atoms with Crippen molar-refractivity contribution in [1.29, 1.82) is 0 Å². The Labute approximate surface area is 203 Å². The summed E-state index contributed by atoms with van der Waals surface area (Å²) >= 11 is 0. The van der Waals surface area contributed by atoms with Crippen LogP contribution in [0.15, 0.2) is 46.1 Å². The molecule has 4 unspecified atom stereocenters. The first-order valence-corrected chi connectivity index (χ1v) is 12.9. The molecular formula is C30H50O3. The molecular weight excluding hydrogens is 408 g/mol. The molecule has 0 saturated heterocycles. The van der Waals surface area contributed by atoms with Gasteiger partial charge in [0.15, 0.2) is 0 Å². The molecule has 2 N–H and O–H groups in total. The van der Waals surface area contributed by atoms with Crippen LogP contribution in [0.3, 0.4) is 0 Å². The topological polar surface area (TPSA) is 57.5 Å². The van der Waals surface area contributed by atoms with Gasteiger partial charge in [-0.2, -0.15) is 0 Å². The van der Waals surface area contributed by atoms with Crippen molar-refractivity contribution in [3.05, 3.63) is 46.1 Å². The molecule has 1 saturated carbocycles. The fourth-order valence-corrected chi connectivity index (χ4v) is 5.49. The number of allylic oxidation sites excluding steroid dienone is 6. The Morgan fingerprint density at radius 2 is 1.82 bits per heavy atom. The van der Waals surface area contributed by atoms with Gasteiger partial charge in [0.2, 0.25) is 0 Å². The van der Waals surface area contributed by atoms with Gasteiger partial charge in [-0.1, -0.05) is 54.4 Å². The van der Waals surface area contributed by atoms with E-state index in [4.69, 9.17) is 0 Å². The fraction of sp³-hybridized carbons (Fsp3) is 0.700. The van der Waals surface area contributed by atoms with Crippen molar-refractivity contribution < 1.29 is 15.0 Å². The van der Waals surface area contributed by atoms with Gasteiger partial charge in [0.05, 0.1) is 6.10 Å². The molecule has 188 valence electrons. The molecule has 1 aliphatic carbocycles. The van der Waals surface area contributed by atoms with E-state index in [1.165, 1.54) is 22.3 Å². The second-order valence-corrected chi connectivity index (χ2v) is 10.9. The molecule has 3 heteroatoms. The van der Waals surface area contributed by atoms with Gasteiger partial charge in [-0.25, -0.2) is 0 Å². The summed E-state index contributed by atoms with van der Waals surface area (Å²) in [6, 6.07) is 0. The van der Waals surface area contributed by atoms with Gasteiger partial charge in [0.25, 0.3) is 0 Å². The number of aldehydes is 1. The molecule has 33 heavy (non-hydrogen) atoms. The number of aliphatic hydroxyl groups is 2. The smallest absolute Gasteiger partial charge is 0.145 e. The molecule has 0 aromatic carbocycles. The summed E-state index contributed by atoms with van der Waals surface area (Å²) in [5, 5.41) is 20.0. The van der Waals surface area contributed by atoms with E-state index in [1.807, 2.05) is 13.0 Å². The van der Waals surface area contributed by atoms with Crippen LogP contribution in [-0.2, 0) is 4.79 Å². The minimum Gasteiger partial charge on any atom is -0.396 e. The Bertz CT molecular complexity index is 736. The minimum atomic E-state index is -0.431. The summed E-state index contributed by atoms with van der Waals surface area (Å²) in [5.74, 6) is 0.930. The zero-order valence-electron chi connectivity index (χ0n) is 22.4. The van der Waals surface area contributed by atoms with Crippen LogP contribution in [-0.4, -0.2) is 29.2 Å². The number of carbonyl (C=O) groups excluding carboxylic acids is 1. The van der Waals surface area contributed by atoms with Crippen molar-refractivity contribution in [3.63, 3.8) is 0 Å². The van der Waals surface area contributed by atoms with E-state index in [2.05, 4.69) is 53.7 Å². The minimum absolute atomic E-state index is 0.115. The summed E-state index contributed by atoms with van der Waals surface area (Å²) in [5.41, 5.74) is 6.12. The third-order valence-electron chi connectivity index (χ3n) is 7.80. The summed E-state index contributed by atoms with van der Waals surface area (Å²) < 4.78 is 0. The van der Waals surface area contributed by atoms with Crippen LogP contribution in [0.4, 0.5) is 0 Å². The maximum atomic E-state index is 11.5. The summed E-state index contributed by atoms with van der Waals surface area (Å²) in [4.78, 5) is 11.5. The van der Waals surface area contributed by atoms with E-state index in [0.717, 1.165) is 63.2 Å². The van der Waals surface area contributed by atoms with Gasteiger partial charge < -0.3 is 10.2 Å². The predicted molar refractivity (Wildman–Crippen MR) is 141 cm³/mol. The molecule has 0 radical (unpaired) electrons. The molecule has 0 amide bonds. The highest BCUT2D eigenvalue weighted by molar-refractivity contribution is 5.73. The average Bonchev–Trinajstić information content (AvgIpc) is 2.73. The molecule has 0 aromatic heterocycles. The first-order chi connectivity index (χ1) is 15.5. The quantitative estimate of drug-likeness (QED) is 0.171. The van der Waals surface area contributed by atoms with Crippen LogP contribution in [0, 0.1) is 17.3 Å². The SMILES string of the molecule is CC(C)=CCCC(C)=CC(O)CC(C)=CCCC1(C)C(C)CCC(=C(C)C=O)C1CCCO. The maximum absolute atomic E-state index is 11.5. The van der Waals surface area contributed by atoms with Gasteiger partial charge in [-0.3, -0.25) is 4.79 Å². The summed E-state index contributed by atoms with van der Waals surface area (Å²) in [6.45, 7) is 15.3. The molecule has 0 bridgehead atoms. The Hall–Kier alpha value is -1.45. The van der Waals surface area contributed by atoms with Gasteiger partial charge in [-0.05, 0) is 115 Å². The van der Waals surface area contributed by atoms with Gasteiger partial charge in [-0.15, -0.1) is 0 Å². The average molecular weight is 459 g/mol. The summed E-state index contributed by atoms with van der Waals surface area (Å²) in [6.07, 6.45) is 15.7. The van der Waals surface area contributed by atoms with Crippen LogP contribution < -0.4 is 0 Å². The van der Waals surface area contributed by atoms with E-state index >= 15 is 0 Å². The normalized spacial score (nSPS) is 26.7. The molecule has 0 aliphatic heterocycles. The van der Waals surface area contributed by atoms with E-state index in [-0.39, 0.29) is 12.0 Å². The second kappa shape index (κ2) is 14.7. The van der Waals surface area contributed by atoms with E-state index < -0.39 is 6.10 Å². The monoisotopic (exact) mass is 458 g/mol. The zero-order chi connectivity index (χ0) is 25.0. The summed E-state index contributed by atoms with van der Waals surface area (Å²) in [7, 11) is 0. The second-order valence-electron chi connectivity index (χ2n) is 10.9. The molecule has 3 nitrogen and oxygen atoms in total. The Kier molecular flexibility index (Phi) is 13.2. The van der Waals surface area contributed by atoms with Crippen LogP contribution in [0.2, 0.25) is 0 Å². The van der Waals surface area contributed by atoms with Gasteiger partial charge in [0, 0.05) is 6.61 Å². The first kappa shape index (κ1) is 29.6. The Morgan fingerprint density at radius 3 is 2.42 bits per heavy atom. The third kappa shape index (κ3) is 9.74. The van der Waals surface area contributed by atoms with Gasteiger partial charge >= 0.3 is 0 Å². The molecule has 0 spiro atoms. The van der Waals surface area contributed by atoms with E-state index in [1.54, 1.807) is 0 Å². The molecule has 1 fully saturated rings. The van der Waals surface area contributed by atoms with Crippen molar-refractivity contribution in [3.8, 4) is 0 Å². The first-order valence-electron chi connectivity index (χ1n) is 12.9.